The fourth-order valence-corrected chi connectivity index (χ4v) is 2.91. The van der Waals surface area contributed by atoms with Crippen molar-refractivity contribution in [2.45, 2.75) is 45.1 Å². The molecular weight excluding hydrogens is 252 g/mol. The topological polar surface area (TPSA) is 47.2 Å². The predicted octanol–water partition coefficient (Wildman–Crippen LogP) is 2.82. The summed E-state index contributed by atoms with van der Waals surface area (Å²) in [5, 5.41) is 3.33. The summed E-state index contributed by atoms with van der Waals surface area (Å²) in [5.74, 6) is -0.224. The Labute approximate surface area is 118 Å². The molecule has 1 aliphatic rings. The van der Waals surface area contributed by atoms with Crippen molar-refractivity contribution in [3.63, 3.8) is 0 Å². The lowest BCUT2D eigenvalue weighted by atomic mass is 9.87. The quantitative estimate of drug-likeness (QED) is 0.870. The molecule has 1 saturated heterocycles. The van der Waals surface area contributed by atoms with Crippen molar-refractivity contribution >= 4 is 11.1 Å². The lowest BCUT2D eigenvalue weighted by molar-refractivity contribution is 0.349. The first-order valence-electron chi connectivity index (χ1n) is 7.33. The summed E-state index contributed by atoms with van der Waals surface area (Å²) >= 11 is 0. The van der Waals surface area contributed by atoms with Gasteiger partial charge in [-0.1, -0.05) is 26.8 Å². The number of hydrogen-bond acceptors (Lipinski definition) is 3. The van der Waals surface area contributed by atoms with Gasteiger partial charge in [-0.05, 0) is 49.0 Å². The number of hydrogen-bond donors (Lipinski definition) is 1. The van der Waals surface area contributed by atoms with Gasteiger partial charge in [0.2, 0.25) is 0 Å². The zero-order chi connectivity index (χ0) is 14.3. The minimum absolute atomic E-state index is 0.0699. The van der Waals surface area contributed by atoms with Crippen LogP contribution in [0.1, 0.15) is 45.2 Å². The Balaban J connectivity index is 2.15. The largest absolute Gasteiger partial charge is 0.420 e. The number of aromatic nitrogens is 1. The van der Waals surface area contributed by atoms with E-state index in [1.165, 1.54) is 5.56 Å². The van der Waals surface area contributed by atoms with Gasteiger partial charge in [0.05, 0.1) is 5.52 Å². The molecule has 20 heavy (non-hydrogen) atoms. The highest BCUT2D eigenvalue weighted by Crippen LogP contribution is 2.28. The molecule has 108 valence electrons. The molecule has 3 rings (SSSR count). The van der Waals surface area contributed by atoms with Crippen LogP contribution in [0.25, 0.3) is 11.1 Å². The Morgan fingerprint density at radius 2 is 1.95 bits per heavy atom. The van der Waals surface area contributed by atoms with Gasteiger partial charge in [0.25, 0.3) is 0 Å². The van der Waals surface area contributed by atoms with E-state index in [0.29, 0.717) is 5.58 Å². The van der Waals surface area contributed by atoms with Gasteiger partial charge >= 0.3 is 5.76 Å². The minimum atomic E-state index is -0.224. The molecule has 1 fully saturated rings. The molecule has 0 amide bonds. The van der Waals surface area contributed by atoms with Crippen molar-refractivity contribution in [1.82, 2.24) is 9.88 Å². The number of piperidine rings is 1. The highest BCUT2D eigenvalue weighted by Gasteiger charge is 2.22. The molecule has 2 heterocycles. The second-order valence-corrected chi connectivity index (χ2v) is 6.65. The molecule has 0 bridgehead atoms. The van der Waals surface area contributed by atoms with Crippen LogP contribution in [-0.2, 0) is 5.41 Å². The van der Waals surface area contributed by atoms with Gasteiger partial charge in [-0.15, -0.1) is 0 Å². The SMILES string of the molecule is CC(C)(C)c1ccc2oc(=O)n(C3CCNCC3)c2c1. The maximum Gasteiger partial charge on any atom is 0.420 e. The molecular formula is C16H22N2O2. The third kappa shape index (κ3) is 2.29. The van der Waals surface area contributed by atoms with Gasteiger partial charge in [0, 0.05) is 6.04 Å². The van der Waals surface area contributed by atoms with Crippen molar-refractivity contribution < 1.29 is 4.42 Å². The predicted molar refractivity (Wildman–Crippen MR) is 80.3 cm³/mol. The average molecular weight is 274 g/mol. The molecule has 0 saturated carbocycles. The van der Waals surface area contributed by atoms with Gasteiger partial charge in [0.15, 0.2) is 5.58 Å². The third-order valence-electron chi connectivity index (χ3n) is 4.15. The Kier molecular flexibility index (Phi) is 3.21. The molecule has 1 aliphatic heterocycles. The minimum Gasteiger partial charge on any atom is -0.408 e. The van der Waals surface area contributed by atoms with Gasteiger partial charge in [0.1, 0.15) is 0 Å². The molecule has 1 N–H and O–H groups in total. The lowest BCUT2D eigenvalue weighted by Gasteiger charge is -2.24. The summed E-state index contributed by atoms with van der Waals surface area (Å²) in [6.45, 7) is 8.47. The first kappa shape index (κ1) is 13.4. The van der Waals surface area contributed by atoms with Crippen LogP contribution >= 0.6 is 0 Å². The van der Waals surface area contributed by atoms with Gasteiger partial charge in [-0.25, -0.2) is 4.79 Å². The molecule has 1 aromatic heterocycles. The van der Waals surface area contributed by atoms with Crippen LogP contribution in [0.5, 0.6) is 0 Å². The zero-order valence-corrected chi connectivity index (χ0v) is 12.4. The van der Waals surface area contributed by atoms with Gasteiger partial charge in [-0.3, -0.25) is 4.57 Å². The molecule has 4 heteroatoms. The van der Waals surface area contributed by atoms with Crippen LogP contribution in [0.15, 0.2) is 27.4 Å². The van der Waals surface area contributed by atoms with E-state index in [0.717, 1.165) is 31.4 Å². The second-order valence-electron chi connectivity index (χ2n) is 6.65. The fourth-order valence-electron chi connectivity index (χ4n) is 2.91. The Morgan fingerprint density at radius 3 is 2.60 bits per heavy atom. The first-order chi connectivity index (χ1) is 9.47. The maximum atomic E-state index is 12.2. The zero-order valence-electron chi connectivity index (χ0n) is 12.4. The van der Waals surface area contributed by atoms with Crippen molar-refractivity contribution in [2.24, 2.45) is 0 Å². The third-order valence-corrected chi connectivity index (χ3v) is 4.15. The highest BCUT2D eigenvalue weighted by molar-refractivity contribution is 5.74. The highest BCUT2D eigenvalue weighted by atomic mass is 16.4. The normalized spacial score (nSPS) is 17.8. The van der Waals surface area contributed by atoms with Crippen LogP contribution in [-0.4, -0.2) is 17.7 Å². The van der Waals surface area contributed by atoms with E-state index >= 15 is 0 Å². The van der Waals surface area contributed by atoms with Crippen LogP contribution in [0.2, 0.25) is 0 Å². The Hall–Kier alpha value is -1.55. The summed E-state index contributed by atoms with van der Waals surface area (Å²) in [4.78, 5) is 12.2. The monoisotopic (exact) mass is 274 g/mol. The lowest BCUT2D eigenvalue weighted by Crippen LogP contribution is -2.32. The Morgan fingerprint density at radius 1 is 1.25 bits per heavy atom. The molecule has 2 aromatic rings. The number of fused-ring (bicyclic) bond motifs is 1. The molecule has 0 aliphatic carbocycles. The maximum absolute atomic E-state index is 12.2. The van der Waals surface area contributed by atoms with Crippen molar-refractivity contribution in [2.75, 3.05) is 13.1 Å². The average Bonchev–Trinajstić information content (AvgIpc) is 2.73. The van der Waals surface area contributed by atoms with E-state index in [1.807, 2.05) is 10.6 Å². The molecule has 0 spiro atoms. The van der Waals surface area contributed by atoms with E-state index in [1.54, 1.807) is 0 Å². The first-order valence-corrected chi connectivity index (χ1v) is 7.33. The molecule has 4 nitrogen and oxygen atoms in total. The summed E-state index contributed by atoms with van der Waals surface area (Å²) in [5.41, 5.74) is 2.94. The number of nitrogens with one attached hydrogen (secondary N) is 1. The number of oxazole rings is 1. The van der Waals surface area contributed by atoms with Crippen LogP contribution in [0.3, 0.4) is 0 Å². The van der Waals surface area contributed by atoms with Crippen LogP contribution in [0.4, 0.5) is 0 Å². The van der Waals surface area contributed by atoms with E-state index < -0.39 is 0 Å². The van der Waals surface area contributed by atoms with Crippen LogP contribution in [0, 0.1) is 0 Å². The Bertz CT molecular complexity index is 670. The molecule has 0 unspecified atom stereocenters. The molecule has 1 aromatic carbocycles. The fraction of sp³-hybridized carbons (Fsp3) is 0.562. The summed E-state index contributed by atoms with van der Waals surface area (Å²) in [7, 11) is 0. The molecule has 0 radical (unpaired) electrons. The number of benzene rings is 1. The smallest absolute Gasteiger partial charge is 0.408 e. The summed E-state index contributed by atoms with van der Waals surface area (Å²) in [6, 6.07) is 6.34. The van der Waals surface area contributed by atoms with E-state index in [9.17, 15) is 4.79 Å². The van der Waals surface area contributed by atoms with Gasteiger partial charge in [-0.2, -0.15) is 0 Å². The number of nitrogens with zero attached hydrogens (tertiary/aromatic N) is 1. The van der Waals surface area contributed by atoms with Crippen molar-refractivity contribution in [3.05, 3.63) is 34.3 Å². The summed E-state index contributed by atoms with van der Waals surface area (Å²) < 4.78 is 7.26. The van der Waals surface area contributed by atoms with Crippen molar-refractivity contribution in [1.29, 1.82) is 0 Å². The van der Waals surface area contributed by atoms with Crippen LogP contribution < -0.4 is 11.1 Å². The van der Waals surface area contributed by atoms with E-state index in [4.69, 9.17) is 4.42 Å². The number of rotatable bonds is 1. The van der Waals surface area contributed by atoms with E-state index in [2.05, 4.69) is 38.2 Å². The second kappa shape index (κ2) is 4.77. The summed E-state index contributed by atoms with van der Waals surface area (Å²) in [6.07, 6.45) is 1.96. The van der Waals surface area contributed by atoms with E-state index in [-0.39, 0.29) is 17.2 Å². The van der Waals surface area contributed by atoms with Crippen molar-refractivity contribution in [3.8, 4) is 0 Å². The standard InChI is InChI=1S/C16H22N2O2/c1-16(2,3)11-4-5-14-13(10-11)18(15(19)20-14)12-6-8-17-9-7-12/h4-5,10,12,17H,6-9H2,1-3H3. The van der Waals surface area contributed by atoms with Gasteiger partial charge < -0.3 is 9.73 Å². The molecule has 0 atom stereocenters.